The van der Waals surface area contributed by atoms with Crippen LogP contribution >= 0.6 is 0 Å². The summed E-state index contributed by atoms with van der Waals surface area (Å²) in [4.78, 5) is 21.0. The van der Waals surface area contributed by atoms with Crippen molar-refractivity contribution in [2.45, 2.75) is 51.6 Å². The number of nitrogens with zero attached hydrogens (tertiary/aromatic N) is 2. The summed E-state index contributed by atoms with van der Waals surface area (Å²) in [6.07, 6.45) is 5.60. The summed E-state index contributed by atoms with van der Waals surface area (Å²) >= 11 is 0. The maximum absolute atomic E-state index is 11.8. The number of hydrogen-bond donors (Lipinski definition) is 1. The van der Waals surface area contributed by atoms with Gasteiger partial charge in [-0.2, -0.15) is 0 Å². The molecular formula is C15H21N3O2. The number of rotatable bonds is 4. The molecule has 20 heavy (non-hydrogen) atoms. The summed E-state index contributed by atoms with van der Waals surface area (Å²) < 4.78 is 5.35. The Bertz CT molecular complexity index is 510. The molecule has 1 amide bonds. The molecule has 1 aromatic rings. The lowest BCUT2D eigenvalue weighted by Gasteiger charge is -2.11. The zero-order chi connectivity index (χ0) is 13.9. The van der Waals surface area contributed by atoms with Gasteiger partial charge >= 0.3 is 0 Å². The van der Waals surface area contributed by atoms with Crippen LogP contribution in [0.2, 0.25) is 0 Å². The maximum atomic E-state index is 11.8. The standard InChI is InChI=1S/C15H21N3O2/c1-10-11-4-2-5-12(11)18-14(17-10)7-8-16-15(19)13-6-3-9-20-13/h13H,2-9H2,1H3,(H,16,19)/t13-/m0/s1. The van der Waals surface area contributed by atoms with Gasteiger partial charge in [-0.15, -0.1) is 0 Å². The van der Waals surface area contributed by atoms with E-state index >= 15 is 0 Å². The molecule has 0 bridgehead atoms. The highest BCUT2D eigenvalue weighted by Crippen LogP contribution is 2.22. The van der Waals surface area contributed by atoms with Crippen LogP contribution in [-0.4, -0.2) is 35.1 Å². The molecule has 5 heteroatoms. The molecule has 2 heterocycles. The van der Waals surface area contributed by atoms with Gasteiger partial charge in [-0.1, -0.05) is 0 Å². The van der Waals surface area contributed by atoms with Crippen LogP contribution in [0.4, 0.5) is 0 Å². The van der Waals surface area contributed by atoms with Crippen molar-refractivity contribution < 1.29 is 9.53 Å². The molecule has 1 aromatic heterocycles. The van der Waals surface area contributed by atoms with Crippen molar-refractivity contribution in [1.82, 2.24) is 15.3 Å². The predicted octanol–water partition coefficient (Wildman–Crippen LogP) is 1.11. The lowest BCUT2D eigenvalue weighted by Crippen LogP contribution is -2.35. The third kappa shape index (κ3) is 2.82. The molecular weight excluding hydrogens is 254 g/mol. The van der Waals surface area contributed by atoms with Gasteiger partial charge in [0.1, 0.15) is 11.9 Å². The van der Waals surface area contributed by atoms with E-state index in [1.54, 1.807) is 0 Å². The Morgan fingerprint density at radius 1 is 1.35 bits per heavy atom. The van der Waals surface area contributed by atoms with Gasteiger partial charge in [0.05, 0.1) is 0 Å². The van der Waals surface area contributed by atoms with Crippen LogP contribution in [0.1, 0.15) is 42.0 Å². The first kappa shape index (κ1) is 13.5. The lowest BCUT2D eigenvalue weighted by molar-refractivity contribution is -0.129. The van der Waals surface area contributed by atoms with Crippen molar-refractivity contribution in [3.63, 3.8) is 0 Å². The molecule has 5 nitrogen and oxygen atoms in total. The maximum Gasteiger partial charge on any atom is 0.249 e. The summed E-state index contributed by atoms with van der Waals surface area (Å²) in [5.74, 6) is 0.844. The number of aromatic nitrogens is 2. The fourth-order valence-corrected chi connectivity index (χ4v) is 2.99. The molecule has 0 aromatic carbocycles. The quantitative estimate of drug-likeness (QED) is 0.894. The van der Waals surface area contributed by atoms with E-state index in [-0.39, 0.29) is 12.0 Å². The highest BCUT2D eigenvalue weighted by molar-refractivity contribution is 5.80. The highest BCUT2D eigenvalue weighted by Gasteiger charge is 2.23. The number of carbonyl (C=O) groups excluding carboxylic acids is 1. The minimum absolute atomic E-state index is 0.000354. The first-order chi connectivity index (χ1) is 9.74. The molecule has 0 unspecified atom stereocenters. The third-order valence-corrected chi connectivity index (χ3v) is 4.06. The van der Waals surface area contributed by atoms with E-state index < -0.39 is 0 Å². The molecule has 1 N–H and O–H groups in total. The molecule has 0 radical (unpaired) electrons. The van der Waals surface area contributed by atoms with Crippen molar-refractivity contribution in [1.29, 1.82) is 0 Å². The first-order valence-corrected chi connectivity index (χ1v) is 7.48. The van der Waals surface area contributed by atoms with Crippen LogP contribution in [0.25, 0.3) is 0 Å². The first-order valence-electron chi connectivity index (χ1n) is 7.48. The van der Waals surface area contributed by atoms with E-state index in [1.165, 1.54) is 17.7 Å². The number of carbonyl (C=O) groups is 1. The number of nitrogens with one attached hydrogen (secondary N) is 1. The second-order valence-corrected chi connectivity index (χ2v) is 5.55. The fourth-order valence-electron chi connectivity index (χ4n) is 2.99. The number of aryl methyl sites for hydroxylation is 2. The van der Waals surface area contributed by atoms with Crippen molar-refractivity contribution in [3.8, 4) is 0 Å². The Hall–Kier alpha value is -1.49. The number of hydrogen-bond acceptors (Lipinski definition) is 4. The second-order valence-electron chi connectivity index (χ2n) is 5.55. The molecule has 0 saturated carbocycles. The molecule has 108 valence electrons. The van der Waals surface area contributed by atoms with Crippen molar-refractivity contribution in [2.75, 3.05) is 13.2 Å². The monoisotopic (exact) mass is 275 g/mol. The number of fused-ring (bicyclic) bond motifs is 1. The van der Waals surface area contributed by atoms with Gasteiger partial charge in [0.15, 0.2) is 0 Å². The summed E-state index contributed by atoms with van der Waals surface area (Å²) in [6, 6.07) is 0. The van der Waals surface area contributed by atoms with Gasteiger partial charge in [0.2, 0.25) is 5.91 Å². The average molecular weight is 275 g/mol. The van der Waals surface area contributed by atoms with Gasteiger partial charge < -0.3 is 10.1 Å². The van der Waals surface area contributed by atoms with E-state index in [0.717, 1.165) is 37.2 Å². The van der Waals surface area contributed by atoms with Crippen LogP contribution in [0.5, 0.6) is 0 Å². The summed E-state index contributed by atoms with van der Waals surface area (Å²) in [7, 11) is 0. The van der Waals surface area contributed by atoms with Crippen LogP contribution in [0, 0.1) is 6.92 Å². The summed E-state index contributed by atoms with van der Waals surface area (Å²) in [6.45, 7) is 3.34. The number of amides is 1. The Morgan fingerprint density at radius 2 is 2.25 bits per heavy atom. The van der Waals surface area contributed by atoms with E-state index in [0.29, 0.717) is 19.6 Å². The largest absolute Gasteiger partial charge is 0.368 e. The van der Waals surface area contributed by atoms with Crippen LogP contribution in [-0.2, 0) is 28.8 Å². The van der Waals surface area contributed by atoms with Crippen molar-refractivity contribution in [3.05, 3.63) is 22.8 Å². The number of ether oxygens (including phenoxy) is 1. The summed E-state index contributed by atoms with van der Waals surface area (Å²) in [5.41, 5.74) is 3.64. The zero-order valence-corrected chi connectivity index (χ0v) is 11.9. The Balaban J connectivity index is 1.53. The molecule has 1 aliphatic carbocycles. The molecule has 1 aliphatic heterocycles. The molecule has 2 aliphatic rings. The molecule has 3 rings (SSSR count). The molecule has 0 spiro atoms. The average Bonchev–Trinajstić information content (AvgIpc) is 3.09. The van der Waals surface area contributed by atoms with Crippen LogP contribution in [0.3, 0.4) is 0 Å². The molecule has 1 fully saturated rings. The third-order valence-electron chi connectivity index (χ3n) is 4.06. The van der Waals surface area contributed by atoms with E-state index in [4.69, 9.17) is 4.74 Å². The Kier molecular flexibility index (Phi) is 3.96. The van der Waals surface area contributed by atoms with Gasteiger partial charge in [-0.05, 0) is 44.6 Å². The molecule has 1 atom stereocenters. The molecule has 1 saturated heterocycles. The van der Waals surface area contributed by atoms with Gasteiger partial charge in [0, 0.05) is 31.0 Å². The predicted molar refractivity (Wildman–Crippen MR) is 74.5 cm³/mol. The van der Waals surface area contributed by atoms with E-state index in [9.17, 15) is 4.79 Å². The fraction of sp³-hybridized carbons (Fsp3) is 0.667. The van der Waals surface area contributed by atoms with Crippen LogP contribution < -0.4 is 5.32 Å². The van der Waals surface area contributed by atoms with Gasteiger partial charge in [0.25, 0.3) is 0 Å². The minimum atomic E-state index is -0.252. The van der Waals surface area contributed by atoms with Crippen molar-refractivity contribution >= 4 is 5.91 Å². The van der Waals surface area contributed by atoms with Crippen molar-refractivity contribution in [2.24, 2.45) is 0 Å². The topological polar surface area (TPSA) is 64.1 Å². The Labute approximate surface area is 119 Å². The van der Waals surface area contributed by atoms with E-state index in [2.05, 4.69) is 22.2 Å². The van der Waals surface area contributed by atoms with E-state index in [1.807, 2.05) is 0 Å². The minimum Gasteiger partial charge on any atom is -0.368 e. The van der Waals surface area contributed by atoms with Gasteiger partial charge in [-0.3, -0.25) is 4.79 Å². The Morgan fingerprint density at radius 3 is 3.05 bits per heavy atom. The highest BCUT2D eigenvalue weighted by atomic mass is 16.5. The lowest BCUT2D eigenvalue weighted by atomic mass is 10.2. The van der Waals surface area contributed by atoms with Gasteiger partial charge in [-0.25, -0.2) is 9.97 Å². The summed E-state index contributed by atoms with van der Waals surface area (Å²) in [5, 5.41) is 2.92. The smallest absolute Gasteiger partial charge is 0.249 e. The second kappa shape index (κ2) is 5.87. The SMILES string of the molecule is Cc1nc(CCNC(=O)[C@@H]2CCCO2)nc2c1CCC2. The normalized spacial score (nSPS) is 20.9. The van der Waals surface area contributed by atoms with Crippen LogP contribution in [0.15, 0.2) is 0 Å². The zero-order valence-electron chi connectivity index (χ0n) is 11.9.